The maximum Gasteiger partial charge on any atom is 0.192 e. The monoisotopic (exact) mass is 383 g/mol. The molecule has 0 aromatic heterocycles. The van der Waals surface area contributed by atoms with Gasteiger partial charge in [0.15, 0.2) is 8.32 Å². The quantitative estimate of drug-likeness (QED) is 0.696. The van der Waals surface area contributed by atoms with Gasteiger partial charge in [-0.25, -0.2) is 0 Å². The normalized spacial score (nSPS) is 21.3. The maximum atomic E-state index is 6.80. The van der Waals surface area contributed by atoms with Crippen molar-refractivity contribution in [2.75, 3.05) is 0 Å². The lowest BCUT2D eigenvalue weighted by Crippen LogP contribution is -2.47. The van der Waals surface area contributed by atoms with E-state index < -0.39 is 8.32 Å². The Balaban J connectivity index is 1.81. The van der Waals surface area contributed by atoms with Crippen LogP contribution < -0.4 is 10.5 Å². The topological polar surface area (TPSA) is 44.5 Å². The molecule has 3 nitrogen and oxygen atoms in total. The third-order valence-corrected chi connectivity index (χ3v) is 10.5. The number of para-hydroxylation sites is 1. The minimum Gasteiger partial charge on any atom is -0.488 e. The highest BCUT2D eigenvalue weighted by Gasteiger charge is 2.42. The molecule has 0 fully saturated rings. The van der Waals surface area contributed by atoms with Gasteiger partial charge in [0.25, 0.3) is 0 Å². The van der Waals surface area contributed by atoms with Crippen molar-refractivity contribution in [2.24, 2.45) is 5.73 Å². The van der Waals surface area contributed by atoms with E-state index in [0.29, 0.717) is 0 Å². The van der Waals surface area contributed by atoms with Crippen LogP contribution in [-0.2, 0) is 10.8 Å². The molecule has 0 aliphatic carbocycles. The molecule has 0 radical (unpaired) electrons. The van der Waals surface area contributed by atoms with E-state index in [0.717, 1.165) is 24.2 Å². The largest absolute Gasteiger partial charge is 0.488 e. The van der Waals surface area contributed by atoms with E-state index in [2.05, 4.69) is 70.3 Å². The van der Waals surface area contributed by atoms with E-state index in [4.69, 9.17) is 14.9 Å². The van der Waals surface area contributed by atoms with Crippen LogP contribution in [0, 0.1) is 0 Å². The van der Waals surface area contributed by atoms with Crippen molar-refractivity contribution in [3.05, 3.63) is 65.7 Å². The van der Waals surface area contributed by atoms with Gasteiger partial charge in [-0.2, -0.15) is 0 Å². The molecule has 0 spiro atoms. The Morgan fingerprint density at radius 3 is 2.37 bits per heavy atom. The molecule has 146 valence electrons. The maximum absolute atomic E-state index is 6.80. The first-order valence-electron chi connectivity index (χ1n) is 9.90. The molecule has 2 N–H and O–H groups in total. The molecule has 1 aliphatic rings. The van der Waals surface area contributed by atoms with Crippen LogP contribution in [0.25, 0.3) is 0 Å². The van der Waals surface area contributed by atoms with Crippen molar-refractivity contribution < 1.29 is 9.16 Å². The standard InChI is InChI=1S/C23H33NO2Si/c1-23(2,3)27(4,5)26-21-16-22(25-20-14-10-9-13-18(20)21)19(24)15-17-11-7-6-8-12-17/h6-14,19,21-22H,15-16,24H2,1-5H3. The molecule has 2 aromatic rings. The molecule has 0 saturated carbocycles. The second-order valence-electron chi connectivity index (χ2n) is 9.15. The van der Waals surface area contributed by atoms with Gasteiger partial charge < -0.3 is 14.9 Å². The third kappa shape index (κ3) is 4.62. The summed E-state index contributed by atoms with van der Waals surface area (Å²) in [6.45, 7) is 11.5. The molecular weight excluding hydrogens is 350 g/mol. The number of rotatable bonds is 5. The van der Waals surface area contributed by atoms with E-state index in [-0.39, 0.29) is 23.3 Å². The van der Waals surface area contributed by atoms with Gasteiger partial charge >= 0.3 is 0 Å². The minimum absolute atomic E-state index is 0.0441. The van der Waals surface area contributed by atoms with Gasteiger partial charge in [-0.3, -0.25) is 0 Å². The number of benzene rings is 2. The van der Waals surface area contributed by atoms with Crippen LogP contribution in [0.4, 0.5) is 0 Å². The van der Waals surface area contributed by atoms with Gasteiger partial charge in [-0.05, 0) is 36.2 Å². The Kier molecular flexibility index (Phi) is 5.80. The molecular formula is C23H33NO2Si. The molecule has 3 atom stereocenters. The molecule has 0 bridgehead atoms. The van der Waals surface area contributed by atoms with Crippen LogP contribution in [0.5, 0.6) is 5.75 Å². The number of hydrogen-bond donors (Lipinski definition) is 1. The Morgan fingerprint density at radius 2 is 1.70 bits per heavy atom. The van der Waals surface area contributed by atoms with Crippen LogP contribution in [0.15, 0.2) is 54.6 Å². The molecule has 4 heteroatoms. The second kappa shape index (κ2) is 7.78. The van der Waals surface area contributed by atoms with Gasteiger partial charge in [-0.1, -0.05) is 69.3 Å². The molecule has 27 heavy (non-hydrogen) atoms. The predicted octanol–water partition coefficient (Wildman–Crippen LogP) is 5.47. The summed E-state index contributed by atoms with van der Waals surface area (Å²) < 4.78 is 13.1. The molecule has 0 saturated heterocycles. The number of nitrogens with two attached hydrogens (primary N) is 1. The number of hydrogen-bond acceptors (Lipinski definition) is 3. The molecule has 2 aromatic carbocycles. The third-order valence-electron chi connectivity index (χ3n) is 6.03. The summed E-state index contributed by atoms with van der Waals surface area (Å²) in [4.78, 5) is 0. The van der Waals surface area contributed by atoms with Gasteiger partial charge in [0.2, 0.25) is 0 Å². The lowest BCUT2D eigenvalue weighted by molar-refractivity contribution is 0.0586. The summed E-state index contributed by atoms with van der Waals surface area (Å²) in [5.41, 5.74) is 8.98. The zero-order chi connectivity index (χ0) is 19.7. The zero-order valence-corrected chi connectivity index (χ0v) is 18.2. The molecule has 3 rings (SSSR count). The van der Waals surface area contributed by atoms with Crippen molar-refractivity contribution in [3.8, 4) is 5.75 Å². The summed E-state index contributed by atoms with van der Waals surface area (Å²) >= 11 is 0. The average molecular weight is 384 g/mol. The van der Waals surface area contributed by atoms with Crippen molar-refractivity contribution in [1.29, 1.82) is 0 Å². The fourth-order valence-electron chi connectivity index (χ4n) is 3.33. The van der Waals surface area contributed by atoms with Gasteiger partial charge in [0.1, 0.15) is 11.9 Å². The van der Waals surface area contributed by atoms with E-state index in [1.807, 2.05) is 18.2 Å². The van der Waals surface area contributed by atoms with E-state index in [9.17, 15) is 0 Å². The van der Waals surface area contributed by atoms with Gasteiger partial charge in [0, 0.05) is 18.0 Å². The van der Waals surface area contributed by atoms with Crippen molar-refractivity contribution in [1.82, 2.24) is 0 Å². The zero-order valence-electron chi connectivity index (χ0n) is 17.2. The first-order valence-corrected chi connectivity index (χ1v) is 12.8. The summed E-state index contributed by atoms with van der Waals surface area (Å²) in [5, 5.41) is 0.169. The Labute approximate surface area is 165 Å². The molecule has 0 amide bonds. The Bertz CT molecular complexity index is 754. The van der Waals surface area contributed by atoms with Crippen LogP contribution >= 0.6 is 0 Å². The van der Waals surface area contributed by atoms with Crippen LogP contribution in [0.1, 0.15) is 44.4 Å². The fraction of sp³-hybridized carbons (Fsp3) is 0.478. The van der Waals surface area contributed by atoms with E-state index >= 15 is 0 Å². The summed E-state index contributed by atoms with van der Waals surface area (Å²) in [7, 11) is -1.90. The van der Waals surface area contributed by atoms with Crippen molar-refractivity contribution >= 4 is 8.32 Å². The van der Waals surface area contributed by atoms with Crippen molar-refractivity contribution in [2.45, 2.75) is 70.0 Å². The van der Waals surface area contributed by atoms with E-state index in [1.165, 1.54) is 5.56 Å². The first-order chi connectivity index (χ1) is 12.7. The van der Waals surface area contributed by atoms with Gasteiger partial charge in [0.05, 0.1) is 6.10 Å². The summed E-state index contributed by atoms with van der Waals surface area (Å²) in [5.74, 6) is 0.918. The molecule has 1 aliphatic heterocycles. The average Bonchev–Trinajstić information content (AvgIpc) is 2.61. The first kappa shape index (κ1) is 20.1. The Morgan fingerprint density at radius 1 is 1.07 bits per heavy atom. The highest BCUT2D eigenvalue weighted by molar-refractivity contribution is 6.74. The number of ether oxygens (including phenoxy) is 1. The summed E-state index contributed by atoms with van der Waals surface area (Å²) in [6, 6.07) is 18.6. The van der Waals surface area contributed by atoms with E-state index in [1.54, 1.807) is 0 Å². The second-order valence-corrected chi connectivity index (χ2v) is 13.9. The molecule has 3 unspecified atom stereocenters. The Hall–Kier alpha value is -1.62. The van der Waals surface area contributed by atoms with Crippen molar-refractivity contribution in [3.63, 3.8) is 0 Å². The lowest BCUT2D eigenvalue weighted by Gasteiger charge is -2.43. The van der Waals surface area contributed by atoms with Crippen LogP contribution in [0.2, 0.25) is 18.1 Å². The minimum atomic E-state index is -1.90. The highest BCUT2D eigenvalue weighted by Crippen LogP contribution is 2.44. The SMILES string of the molecule is CC(C)(C)[Si](C)(C)OC1CC(C(N)Cc2ccccc2)Oc2ccccc21. The van der Waals surface area contributed by atoms with Crippen LogP contribution in [0.3, 0.4) is 0 Å². The smallest absolute Gasteiger partial charge is 0.192 e. The lowest BCUT2D eigenvalue weighted by atomic mass is 9.92. The summed E-state index contributed by atoms with van der Waals surface area (Å²) in [6.07, 6.45) is 1.61. The fourth-order valence-corrected chi connectivity index (χ4v) is 4.61. The molecule has 1 heterocycles. The highest BCUT2D eigenvalue weighted by atomic mass is 28.4. The number of fused-ring (bicyclic) bond motifs is 1. The predicted molar refractivity (Wildman–Crippen MR) is 115 cm³/mol. The van der Waals surface area contributed by atoms with Crippen LogP contribution in [-0.4, -0.2) is 20.5 Å². The van der Waals surface area contributed by atoms with Gasteiger partial charge in [-0.15, -0.1) is 0 Å².